The van der Waals surface area contributed by atoms with Crippen LogP contribution >= 0.6 is 0 Å². The third-order valence-electron chi connectivity index (χ3n) is 4.60. The molecule has 2 heterocycles. The Morgan fingerprint density at radius 3 is 2.44 bits per heavy atom. The van der Waals surface area contributed by atoms with Crippen LogP contribution in [0.2, 0.25) is 0 Å². The van der Waals surface area contributed by atoms with Crippen molar-refractivity contribution in [2.75, 3.05) is 5.32 Å². The summed E-state index contributed by atoms with van der Waals surface area (Å²) in [6.07, 6.45) is 0.166. The number of aryl methyl sites for hydroxylation is 2. The number of imidazole rings is 2. The van der Waals surface area contributed by atoms with Crippen molar-refractivity contribution in [3.63, 3.8) is 0 Å². The molecule has 27 heavy (non-hydrogen) atoms. The van der Waals surface area contributed by atoms with Gasteiger partial charge in [-0.15, -0.1) is 0 Å². The Balaban J connectivity index is 1.52. The number of H-pyrrole nitrogens is 2. The number of carbonyl (C=O) groups excluding carboxylic acids is 1. The summed E-state index contributed by atoms with van der Waals surface area (Å²) < 4.78 is 3.33. The molecule has 0 bridgehead atoms. The Bertz CT molecular complexity index is 1260. The van der Waals surface area contributed by atoms with Crippen LogP contribution in [0.25, 0.3) is 22.1 Å². The van der Waals surface area contributed by atoms with Gasteiger partial charge < -0.3 is 15.3 Å². The van der Waals surface area contributed by atoms with Gasteiger partial charge in [-0.1, -0.05) is 12.1 Å². The zero-order valence-electron chi connectivity index (χ0n) is 14.8. The molecule has 0 unspecified atom stereocenters. The number of carbonyl (C=O) groups is 1. The van der Waals surface area contributed by atoms with Crippen LogP contribution < -0.4 is 16.7 Å². The van der Waals surface area contributed by atoms with E-state index in [-0.39, 0.29) is 23.7 Å². The molecule has 1 amide bonds. The van der Waals surface area contributed by atoms with Gasteiger partial charge in [-0.25, -0.2) is 9.59 Å². The largest absolute Gasteiger partial charge is 0.329 e. The minimum atomic E-state index is -0.292. The number of para-hydroxylation sites is 2. The van der Waals surface area contributed by atoms with Crippen LogP contribution in [0, 0.1) is 0 Å². The van der Waals surface area contributed by atoms with Gasteiger partial charge in [0.2, 0.25) is 5.91 Å². The maximum atomic E-state index is 12.6. The number of nitrogens with zero attached hydrogens (tertiary/aromatic N) is 2. The molecule has 0 spiro atoms. The van der Waals surface area contributed by atoms with Gasteiger partial charge in [0.25, 0.3) is 0 Å². The molecule has 0 atom stereocenters. The van der Waals surface area contributed by atoms with Crippen LogP contribution in [-0.2, 0) is 17.9 Å². The minimum absolute atomic E-state index is 0.113. The summed E-state index contributed by atoms with van der Waals surface area (Å²) in [6, 6.07) is 12.7. The van der Waals surface area contributed by atoms with Gasteiger partial charge in [-0.05, 0) is 37.3 Å². The van der Waals surface area contributed by atoms with E-state index in [0.717, 1.165) is 11.0 Å². The van der Waals surface area contributed by atoms with Crippen LogP contribution in [0.3, 0.4) is 0 Å². The fourth-order valence-electron chi connectivity index (χ4n) is 3.34. The van der Waals surface area contributed by atoms with Crippen molar-refractivity contribution < 1.29 is 4.79 Å². The highest BCUT2D eigenvalue weighted by molar-refractivity contribution is 5.93. The highest BCUT2D eigenvalue weighted by Crippen LogP contribution is 2.16. The van der Waals surface area contributed by atoms with Gasteiger partial charge in [0.1, 0.15) is 0 Å². The summed E-state index contributed by atoms with van der Waals surface area (Å²) in [7, 11) is 0. The van der Waals surface area contributed by atoms with Crippen LogP contribution in [0.15, 0.2) is 52.1 Å². The first-order valence-electron chi connectivity index (χ1n) is 8.77. The maximum Gasteiger partial charge on any atom is 0.329 e. The Morgan fingerprint density at radius 1 is 1.00 bits per heavy atom. The predicted molar refractivity (Wildman–Crippen MR) is 104 cm³/mol. The lowest BCUT2D eigenvalue weighted by atomic mass is 10.2. The van der Waals surface area contributed by atoms with E-state index >= 15 is 0 Å². The highest BCUT2D eigenvalue weighted by atomic mass is 16.2. The lowest BCUT2D eigenvalue weighted by Crippen LogP contribution is -2.25. The normalized spacial score (nSPS) is 11.3. The van der Waals surface area contributed by atoms with Crippen LogP contribution in [0.4, 0.5) is 5.69 Å². The fourth-order valence-corrected chi connectivity index (χ4v) is 3.34. The number of nitrogens with one attached hydrogen (secondary N) is 3. The smallest absolute Gasteiger partial charge is 0.326 e. The molecule has 3 N–H and O–H groups in total. The van der Waals surface area contributed by atoms with E-state index < -0.39 is 0 Å². The molecule has 0 aliphatic heterocycles. The summed E-state index contributed by atoms with van der Waals surface area (Å²) in [6.45, 7) is 2.79. The third-order valence-corrected chi connectivity index (χ3v) is 4.60. The van der Waals surface area contributed by atoms with E-state index in [2.05, 4.69) is 15.3 Å². The first kappa shape index (κ1) is 16.9. The van der Waals surface area contributed by atoms with E-state index in [4.69, 9.17) is 0 Å². The SMILES string of the molecule is CCn1c(=O)n(CCC(=O)Nc2ccc3[nH]c(=O)[nH]c3c2)c2ccccc21. The number of aromatic amines is 2. The Labute approximate surface area is 153 Å². The summed E-state index contributed by atoms with van der Waals surface area (Å²) in [4.78, 5) is 41.6. The molecule has 8 heteroatoms. The zero-order chi connectivity index (χ0) is 19.0. The lowest BCUT2D eigenvalue weighted by Gasteiger charge is -2.06. The van der Waals surface area contributed by atoms with E-state index in [1.165, 1.54) is 0 Å². The van der Waals surface area contributed by atoms with Gasteiger partial charge in [0.05, 0.1) is 22.1 Å². The van der Waals surface area contributed by atoms with E-state index in [9.17, 15) is 14.4 Å². The van der Waals surface area contributed by atoms with Crippen LogP contribution in [0.1, 0.15) is 13.3 Å². The van der Waals surface area contributed by atoms with Crippen LogP contribution in [-0.4, -0.2) is 25.0 Å². The number of aromatic nitrogens is 4. The first-order valence-corrected chi connectivity index (χ1v) is 8.77. The molecule has 0 fully saturated rings. The Hall–Kier alpha value is -3.55. The average Bonchev–Trinajstić information content (AvgIpc) is 3.15. The summed E-state index contributed by atoms with van der Waals surface area (Å²) >= 11 is 0. The fraction of sp³-hybridized carbons (Fsp3) is 0.211. The molecular formula is C19H19N5O3. The van der Waals surface area contributed by atoms with Crippen molar-refractivity contribution in [2.45, 2.75) is 26.4 Å². The maximum absolute atomic E-state index is 12.6. The second-order valence-corrected chi connectivity index (χ2v) is 6.30. The number of rotatable bonds is 5. The van der Waals surface area contributed by atoms with Gasteiger partial charge in [0.15, 0.2) is 0 Å². The molecular weight excluding hydrogens is 346 g/mol. The number of amides is 1. The number of benzene rings is 2. The van der Waals surface area contributed by atoms with Gasteiger partial charge in [0, 0.05) is 25.2 Å². The van der Waals surface area contributed by atoms with Crippen LogP contribution in [0.5, 0.6) is 0 Å². The number of hydrogen-bond acceptors (Lipinski definition) is 3. The van der Waals surface area contributed by atoms with Crippen molar-refractivity contribution in [1.82, 2.24) is 19.1 Å². The molecule has 2 aromatic carbocycles. The van der Waals surface area contributed by atoms with Gasteiger partial charge in [-0.3, -0.25) is 13.9 Å². The summed E-state index contributed by atoms with van der Waals surface area (Å²) in [5.74, 6) is -0.201. The van der Waals surface area contributed by atoms with Crippen molar-refractivity contribution in [2.24, 2.45) is 0 Å². The number of anilines is 1. The zero-order valence-corrected chi connectivity index (χ0v) is 14.8. The molecule has 138 valence electrons. The van der Waals surface area contributed by atoms with E-state index in [0.29, 0.717) is 29.8 Å². The van der Waals surface area contributed by atoms with Crippen molar-refractivity contribution in [1.29, 1.82) is 0 Å². The molecule has 0 aliphatic rings. The quantitative estimate of drug-likeness (QED) is 0.504. The van der Waals surface area contributed by atoms with Crippen molar-refractivity contribution >= 4 is 33.7 Å². The number of hydrogen-bond donors (Lipinski definition) is 3. The topological polar surface area (TPSA) is 105 Å². The van der Waals surface area contributed by atoms with Gasteiger partial charge in [-0.2, -0.15) is 0 Å². The van der Waals surface area contributed by atoms with E-state index in [1.807, 2.05) is 31.2 Å². The monoisotopic (exact) mass is 365 g/mol. The van der Waals surface area contributed by atoms with Crippen molar-refractivity contribution in [3.05, 3.63) is 63.4 Å². The highest BCUT2D eigenvalue weighted by Gasteiger charge is 2.13. The molecule has 0 aliphatic carbocycles. The first-order chi connectivity index (χ1) is 13.1. The lowest BCUT2D eigenvalue weighted by molar-refractivity contribution is -0.116. The molecule has 8 nitrogen and oxygen atoms in total. The predicted octanol–water partition coefficient (Wildman–Crippen LogP) is 2.02. The average molecular weight is 365 g/mol. The number of fused-ring (bicyclic) bond motifs is 2. The Kier molecular flexibility index (Phi) is 4.15. The third kappa shape index (κ3) is 3.05. The summed E-state index contributed by atoms with van der Waals surface area (Å²) in [5.41, 5.74) is 3.18. The molecule has 4 rings (SSSR count). The molecule has 2 aromatic heterocycles. The molecule has 0 saturated heterocycles. The molecule has 0 radical (unpaired) electrons. The van der Waals surface area contributed by atoms with E-state index in [1.54, 1.807) is 27.3 Å². The molecule has 4 aromatic rings. The minimum Gasteiger partial charge on any atom is -0.326 e. The molecule has 0 saturated carbocycles. The summed E-state index contributed by atoms with van der Waals surface area (Å²) in [5, 5.41) is 2.80. The Morgan fingerprint density at radius 2 is 1.70 bits per heavy atom. The second kappa shape index (κ2) is 6.64. The second-order valence-electron chi connectivity index (χ2n) is 6.30. The van der Waals surface area contributed by atoms with Gasteiger partial charge >= 0.3 is 11.4 Å². The van der Waals surface area contributed by atoms with Crippen molar-refractivity contribution in [3.8, 4) is 0 Å². The standard InChI is InChI=1S/C19H19N5O3/c1-2-23-15-5-3-4-6-16(15)24(19(23)27)10-9-17(25)20-12-7-8-13-14(11-12)22-18(26)21-13/h3-8,11H,2,9-10H2,1H3,(H,20,25)(H2,21,22,26).